The molecule has 118 valence electrons. The number of methoxy groups -OCH3 is 1. The molecule has 7 nitrogen and oxygen atoms in total. The number of esters is 1. The summed E-state index contributed by atoms with van der Waals surface area (Å²) in [6.07, 6.45) is 3.13. The Bertz CT molecular complexity index is 555. The second kappa shape index (κ2) is 7.56. The zero-order chi connectivity index (χ0) is 16.0. The lowest BCUT2D eigenvalue weighted by Gasteiger charge is -2.27. The largest absolute Gasteiger partial charge is 0.468 e. The predicted molar refractivity (Wildman–Crippen MR) is 84.2 cm³/mol. The molecule has 0 radical (unpaired) electrons. The van der Waals surface area contributed by atoms with Crippen LogP contribution in [0.4, 0.5) is 5.69 Å². The summed E-state index contributed by atoms with van der Waals surface area (Å²) in [4.78, 5) is 23.3. The van der Waals surface area contributed by atoms with Gasteiger partial charge in [-0.1, -0.05) is 13.8 Å². The smallest absolute Gasteiger partial charge is 0.327 e. The molecule has 1 rings (SSSR count). The van der Waals surface area contributed by atoms with Crippen LogP contribution in [0.2, 0.25) is 0 Å². The quantitative estimate of drug-likeness (QED) is 0.706. The minimum atomic E-state index is -0.532. The van der Waals surface area contributed by atoms with Gasteiger partial charge in [-0.3, -0.25) is 9.59 Å². The summed E-state index contributed by atoms with van der Waals surface area (Å²) in [5.41, 5.74) is 6.02. The Labute approximate surface area is 132 Å². The van der Waals surface area contributed by atoms with Gasteiger partial charge in [-0.05, 0) is 28.8 Å². The number of halogens is 1. The van der Waals surface area contributed by atoms with Gasteiger partial charge in [0, 0.05) is 12.1 Å². The number of nitrogens with zero attached hydrogens (tertiary/aromatic N) is 2. The van der Waals surface area contributed by atoms with E-state index in [9.17, 15) is 9.59 Å². The van der Waals surface area contributed by atoms with Crippen LogP contribution in [0.1, 0.15) is 26.7 Å². The van der Waals surface area contributed by atoms with E-state index in [4.69, 9.17) is 5.73 Å². The summed E-state index contributed by atoms with van der Waals surface area (Å²) in [6.45, 7) is 4.35. The highest BCUT2D eigenvalue weighted by Gasteiger charge is 2.21. The summed E-state index contributed by atoms with van der Waals surface area (Å²) in [5, 5.41) is 7.08. The van der Waals surface area contributed by atoms with E-state index >= 15 is 0 Å². The van der Waals surface area contributed by atoms with Crippen molar-refractivity contribution >= 4 is 27.6 Å². The van der Waals surface area contributed by atoms with Crippen LogP contribution in [-0.2, 0) is 16.1 Å². The SMILES string of the molecule is CCC(N)(CC)CNc1cnn(CC(=O)OC)c(=O)c1Br. The van der Waals surface area contributed by atoms with Gasteiger partial charge in [-0.15, -0.1) is 0 Å². The second-order valence-electron chi connectivity index (χ2n) is 4.83. The fourth-order valence-corrected chi connectivity index (χ4v) is 2.11. The highest BCUT2D eigenvalue weighted by molar-refractivity contribution is 9.10. The average Bonchev–Trinajstić information content (AvgIpc) is 2.50. The summed E-state index contributed by atoms with van der Waals surface area (Å²) in [7, 11) is 1.26. The number of ether oxygens (including phenoxy) is 1. The summed E-state index contributed by atoms with van der Waals surface area (Å²) in [6, 6.07) is 0. The summed E-state index contributed by atoms with van der Waals surface area (Å²) in [5.74, 6) is -0.532. The number of nitrogens with one attached hydrogen (secondary N) is 1. The van der Waals surface area contributed by atoms with Gasteiger partial charge in [0.15, 0.2) is 0 Å². The number of hydrogen-bond acceptors (Lipinski definition) is 6. The lowest BCUT2D eigenvalue weighted by molar-refractivity contribution is -0.141. The molecule has 0 saturated heterocycles. The number of nitrogens with two attached hydrogens (primary N) is 1. The van der Waals surface area contributed by atoms with E-state index in [1.54, 1.807) is 0 Å². The molecule has 0 atom stereocenters. The van der Waals surface area contributed by atoms with Gasteiger partial charge in [0.2, 0.25) is 0 Å². The second-order valence-corrected chi connectivity index (χ2v) is 5.63. The van der Waals surface area contributed by atoms with E-state index in [2.05, 4.69) is 31.1 Å². The maximum absolute atomic E-state index is 12.1. The Morgan fingerprint density at radius 2 is 2.14 bits per heavy atom. The number of carbonyl (C=O) groups excluding carboxylic acids is 1. The lowest BCUT2D eigenvalue weighted by atomic mass is 9.94. The number of hydrogen-bond donors (Lipinski definition) is 2. The zero-order valence-electron chi connectivity index (χ0n) is 12.5. The molecular weight excluding hydrogens is 340 g/mol. The van der Waals surface area contributed by atoms with Gasteiger partial charge in [0.05, 0.1) is 19.0 Å². The van der Waals surface area contributed by atoms with Crippen LogP contribution in [0, 0.1) is 0 Å². The van der Waals surface area contributed by atoms with Crippen molar-refractivity contribution in [3.63, 3.8) is 0 Å². The molecule has 0 aliphatic carbocycles. The minimum Gasteiger partial charge on any atom is -0.468 e. The van der Waals surface area contributed by atoms with Crippen LogP contribution >= 0.6 is 15.9 Å². The van der Waals surface area contributed by atoms with E-state index in [0.29, 0.717) is 16.7 Å². The fraction of sp³-hybridized carbons (Fsp3) is 0.615. The van der Waals surface area contributed by atoms with E-state index in [1.807, 2.05) is 13.8 Å². The molecule has 21 heavy (non-hydrogen) atoms. The van der Waals surface area contributed by atoms with Gasteiger partial charge in [0.1, 0.15) is 11.0 Å². The van der Waals surface area contributed by atoms with Crippen LogP contribution in [-0.4, -0.2) is 34.9 Å². The molecule has 1 heterocycles. The lowest BCUT2D eigenvalue weighted by Crippen LogP contribution is -2.45. The first-order chi connectivity index (χ1) is 9.86. The molecule has 8 heteroatoms. The maximum atomic E-state index is 12.1. The van der Waals surface area contributed by atoms with Gasteiger partial charge in [0.25, 0.3) is 5.56 Å². The van der Waals surface area contributed by atoms with Gasteiger partial charge in [-0.2, -0.15) is 5.10 Å². The Kier molecular flexibility index (Phi) is 6.35. The molecule has 0 aliphatic rings. The first-order valence-electron chi connectivity index (χ1n) is 6.72. The highest BCUT2D eigenvalue weighted by Crippen LogP contribution is 2.18. The third-order valence-corrected chi connectivity index (χ3v) is 4.30. The molecule has 0 unspecified atom stereocenters. The van der Waals surface area contributed by atoms with Crippen molar-refractivity contribution in [2.24, 2.45) is 5.73 Å². The van der Waals surface area contributed by atoms with Crippen LogP contribution in [0.15, 0.2) is 15.5 Å². The van der Waals surface area contributed by atoms with E-state index in [0.717, 1.165) is 17.5 Å². The average molecular weight is 361 g/mol. The standard InChI is InChI=1S/C13H21BrN4O3/c1-4-13(15,5-2)8-16-9-6-17-18(7-10(19)21-3)12(20)11(9)14/h6,16H,4-5,7-8,15H2,1-3H3. The number of anilines is 1. The van der Waals surface area contributed by atoms with Crippen molar-refractivity contribution in [3.05, 3.63) is 21.0 Å². The molecule has 0 saturated carbocycles. The van der Waals surface area contributed by atoms with Crippen LogP contribution < -0.4 is 16.6 Å². The number of carbonyl (C=O) groups is 1. The molecule has 0 aromatic carbocycles. The fourth-order valence-electron chi connectivity index (χ4n) is 1.66. The van der Waals surface area contributed by atoms with Crippen molar-refractivity contribution in [3.8, 4) is 0 Å². The van der Waals surface area contributed by atoms with Crippen molar-refractivity contribution in [2.75, 3.05) is 19.0 Å². The zero-order valence-corrected chi connectivity index (χ0v) is 14.1. The van der Waals surface area contributed by atoms with E-state index < -0.39 is 11.5 Å². The Morgan fingerprint density at radius 1 is 1.52 bits per heavy atom. The van der Waals surface area contributed by atoms with Gasteiger partial charge >= 0.3 is 5.97 Å². The molecule has 0 aliphatic heterocycles. The first-order valence-corrected chi connectivity index (χ1v) is 7.51. The Balaban J connectivity index is 2.90. The highest BCUT2D eigenvalue weighted by atomic mass is 79.9. The molecule has 0 spiro atoms. The third-order valence-electron chi connectivity index (χ3n) is 3.53. The van der Waals surface area contributed by atoms with Crippen molar-refractivity contribution in [1.29, 1.82) is 0 Å². The van der Waals surface area contributed by atoms with E-state index in [1.165, 1.54) is 13.3 Å². The Hall–Kier alpha value is -1.41. The minimum absolute atomic E-state index is 0.223. The molecule has 1 aromatic heterocycles. The predicted octanol–water partition coefficient (Wildman–Crippen LogP) is 1.11. The van der Waals surface area contributed by atoms with Crippen LogP contribution in [0.5, 0.6) is 0 Å². The molecular formula is C13H21BrN4O3. The van der Waals surface area contributed by atoms with Gasteiger partial charge < -0.3 is 15.8 Å². The third kappa shape index (κ3) is 4.53. The molecule has 0 amide bonds. The number of rotatable bonds is 7. The van der Waals surface area contributed by atoms with E-state index in [-0.39, 0.29) is 12.1 Å². The van der Waals surface area contributed by atoms with Crippen molar-refractivity contribution in [1.82, 2.24) is 9.78 Å². The van der Waals surface area contributed by atoms with Gasteiger partial charge in [-0.25, -0.2) is 4.68 Å². The maximum Gasteiger partial charge on any atom is 0.327 e. The first kappa shape index (κ1) is 17.6. The van der Waals surface area contributed by atoms with Crippen molar-refractivity contribution in [2.45, 2.75) is 38.8 Å². The topological polar surface area (TPSA) is 99.2 Å². The van der Waals surface area contributed by atoms with Crippen molar-refractivity contribution < 1.29 is 9.53 Å². The molecule has 0 fully saturated rings. The number of aromatic nitrogens is 2. The molecule has 1 aromatic rings. The molecule has 0 bridgehead atoms. The van der Waals surface area contributed by atoms with Crippen LogP contribution in [0.3, 0.4) is 0 Å². The van der Waals surface area contributed by atoms with Crippen LogP contribution in [0.25, 0.3) is 0 Å². The summed E-state index contributed by atoms with van der Waals surface area (Å²) < 4.78 is 5.87. The normalized spacial score (nSPS) is 11.3. The Morgan fingerprint density at radius 3 is 2.67 bits per heavy atom. The summed E-state index contributed by atoms with van der Waals surface area (Å²) >= 11 is 3.23. The monoisotopic (exact) mass is 360 g/mol. The molecule has 3 N–H and O–H groups in total.